The molecule has 0 aromatic rings. The molecule has 6 nitrogen and oxygen atoms in total. The average Bonchev–Trinajstić information content (AvgIpc) is 3.26. The van der Waals surface area contributed by atoms with Crippen LogP contribution in [0, 0.1) is 0 Å². The fourth-order valence-electron chi connectivity index (χ4n) is 8.02. The summed E-state index contributed by atoms with van der Waals surface area (Å²) in [6, 6.07) is -0.712. The maximum Gasteiger partial charge on any atom is 0.306 e. The summed E-state index contributed by atoms with van der Waals surface area (Å²) in [5.74, 6) is -0.508. The first-order valence-corrected chi connectivity index (χ1v) is 26.9. The summed E-state index contributed by atoms with van der Waals surface area (Å²) in [5, 5.41) is 23.7. The van der Waals surface area contributed by atoms with Crippen LogP contribution in [-0.4, -0.2) is 46.9 Å². The van der Waals surface area contributed by atoms with E-state index in [1.807, 2.05) is 0 Å². The third-order valence-corrected chi connectivity index (χ3v) is 12.1. The normalized spacial score (nSPS) is 13.6. The highest BCUT2D eigenvalue weighted by Crippen LogP contribution is 2.17. The van der Waals surface area contributed by atoms with E-state index in [1.165, 1.54) is 154 Å². The Morgan fingerprint density at radius 1 is 0.468 bits per heavy atom. The number of carbonyl (C=O) groups excluding carboxylic acids is 2. The van der Waals surface area contributed by atoms with Gasteiger partial charge >= 0.3 is 5.97 Å². The molecule has 0 heterocycles. The number of nitrogens with one attached hydrogen (secondary N) is 1. The number of rotatable bonds is 48. The number of hydrogen-bond acceptors (Lipinski definition) is 5. The molecule has 0 aromatic heterocycles. The molecule has 0 radical (unpaired) electrons. The first-order valence-electron chi connectivity index (χ1n) is 26.9. The van der Waals surface area contributed by atoms with E-state index in [1.54, 1.807) is 0 Å². The molecular formula is C56H103NO5. The van der Waals surface area contributed by atoms with E-state index in [0.717, 1.165) is 70.6 Å². The van der Waals surface area contributed by atoms with Crippen LogP contribution in [0.4, 0.5) is 0 Å². The van der Waals surface area contributed by atoms with Gasteiger partial charge in [-0.2, -0.15) is 0 Å². The van der Waals surface area contributed by atoms with Crippen LogP contribution in [0.2, 0.25) is 0 Å². The van der Waals surface area contributed by atoms with E-state index >= 15 is 0 Å². The standard InChI is InChI=1S/C56H103NO5/c1-4-7-10-13-16-19-21-23-25-26-27-28-30-32-34-37-40-43-46-49-56(61)62-52(47-44-41-38-36-33-31-29-24-22-20-17-14-11-8-5-2)50-55(60)57-53(51-58)54(59)48-45-42-39-35-18-15-12-9-6-3/h17,20,23-25,29,33,36,52-54,58-59H,4-16,18-19,21-22,26-28,30-32,34-35,37-51H2,1-3H3,(H,57,60)/b20-17-,25-23+,29-24-,36-33-. The third-order valence-electron chi connectivity index (χ3n) is 12.1. The van der Waals surface area contributed by atoms with Gasteiger partial charge in [0.25, 0.3) is 0 Å². The third kappa shape index (κ3) is 44.4. The van der Waals surface area contributed by atoms with Gasteiger partial charge in [0.2, 0.25) is 5.91 Å². The molecule has 3 N–H and O–H groups in total. The molecule has 0 rings (SSSR count). The van der Waals surface area contributed by atoms with E-state index in [9.17, 15) is 19.8 Å². The van der Waals surface area contributed by atoms with Crippen LogP contribution in [0.1, 0.15) is 271 Å². The fourth-order valence-corrected chi connectivity index (χ4v) is 8.02. The van der Waals surface area contributed by atoms with Crippen LogP contribution in [0.25, 0.3) is 0 Å². The highest BCUT2D eigenvalue weighted by molar-refractivity contribution is 5.77. The van der Waals surface area contributed by atoms with Gasteiger partial charge in [0.05, 0.1) is 25.2 Å². The number of allylic oxidation sites excluding steroid dienone is 8. The van der Waals surface area contributed by atoms with Crippen LogP contribution < -0.4 is 5.32 Å². The molecule has 0 saturated carbocycles. The van der Waals surface area contributed by atoms with Crippen molar-refractivity contribution in [2.75, 3.05) is 6.61 Å². The number of hydrogen-bond donors (Lipinski definition) is 3. The summed E-state index contributed by atoms with van der Waals surface area (Å²) in [6.45, 7) is 6.43. The minimum atomic E-state index is -0.796. The second-order valence-corrected chi connectivity index (χ2v) is 18.3. The molecule has 1 amide bonds. The summed E-state index contributed by atoms with van der Waals surface area (Å²) in [4.78, 5) is 26.1. The molecule has 0 spiro atoms. The second-order valence-electron chi connectivity index (χ2n) is 18.3. The summed E-state index contributed by atoms with van der Waals surface area (Å²) in [5.41, 5.74) is 0. The van der Waals surface area contributed by atoms with Crippen LogP contribution >= 0.6 is 0 Å². The molecule has 0 aliphatic heterocycles. The lowest BCUT2D eigenvalue weighted by atomic mass is 10.0. The Balaban J connectivity index is 4.57. The molecule has 362 valence electrons. The van der Waals surface area contributed by atoms with Crippen LogP contribution in [-0.2, 0) is 14.3 Å². The zero-order valence-electron chi connectivity index (χ0n) is 41.3. The molecule has 0 saturated heterocycles. The van der Waals surface area contributed by atoms with Gasteiger partial charge in [0.1, 0.15) is 6.10 Å². The molecule has 0 bridgehead atoms. The van der Waals surface area contributed by atoms with Gasteiger partial charge in [0, 0.05) is 6.42 Å². The molecule has 62 heavy (non-hydrogen) atoms. The van der Waals surface area contributed by atoms with Gasteiger partial charge in [0.15, 0.2) is 0 Å². The van der Waals surface area contributed by atoms with Crippen molar-refractivity contribution in [2.45, 2.75) is 289 Å². The van der Waals surface area contributed by atoms with E-state index in [-0.39, 0.29) is 24.9 Å². The van der Waals surface area contributed by atoms with Crippen molar-refractivity contribution in [3.63, 3.8) is 0 Å². The molecular weight excluding hydrogens is 767 g/mol. The minimum Gasteiger partial charge on any atom is -0.462 e. The van der Waals surface area contributed by atoms with Crippen LogP contribution in [0.5, 0.6) is 0 Å². The Morgan fingerprint density at radius 3 is 1.31 bits per heavy atom. The lowest BCUT2D eigenvalue weighted by Crippen LogP contribution is -2.46. The van der Waals surface area contributed by atoms with E-state index < -0.39 is 18.2 Å². The van der Waals surface area contributed by atoms with Crippen LogP contribution in [0.15, 0.2) is 48.6 Å². The predicted octanol–water partition coefficient (Wildman–Crippen LogP) is 16.2. The van der Waals surface area contributed by atoms with Crippen molar-refractivity contribution in [3.8, 4) is 0 Å². The summed E-state index contributed by atoms with van der Waals surface area (Å²) in [6.07, 6.45) is 60.4. The van der Waals surface area contributed by atoms with Gasteiger partial charge in [-0.15, -0.1) is 0 Å². The largest absolute Gasteiger partial charge is 0.462 e. The van der Waals surface area contributed by atoms with Gasteiger partial charge in [-0.3, -0.25) is 9.59 Å². The smallest absolute Gasteiger partial charge is 0.306 e. The lowest BCUT2D eigenvalue weighted by Gasteiger charge is -2.24. The molecule has 6 heteroatoms. The number of unbranched alkanes of at least 4 members (excludes halogenated alkanes) is 28. The first kappa shape index (κ1) is 59.8. The Labute approximate surface area is 385 Å². The molecule has 0 aliphatic carbocycles. The van der Waals surface area contributed by atoms with Gasteiger partial charge in [-0.05, 0) is 89.9 Å². The number of ether oxygens (including phenoxy) is 1. The monoisotopic (exact) mass is 870 g/mol. The predicted molar refractivity (Wildman–Crippen MR) is 269 cm³/mol. The van der Waals surface area contributed by atoms with E-state index in [0.29, 0.717) is 19.3 Å². The van der Waals surface area contributed by atoms with E-state index in [2.05, 4.69) is 74.7 Å². The Morgan fingerprint density at radius 2 is 0.823 bits per heavy atom. The SMILES string of the molecule is CCCCC/C=C\C/C=C\C/C=C\CCCCC(CC(=O)NC(CO)C(O)CCCCCCCCCCC)OC(=O)CCCCCCCCCCC/C=C/CCCCCCCC. The second kappa shape index (κ2) is 49.8. The van der Waals surface area contributed by atoms with Crippen molar-refractivity contribution in [1.29, 1.82) is 0 Å². The maximum absolute atomic E-state index is 13.2. The highest BCUT2D eigenvalue weighted by Gasteiger charge is 2.24. The Bertz CT molecular complexity index is 1070. The highest BCUT2D eigenvalue weighted by atomic mass is 16.5. The topological polar surface area (TPSA) is 95.9 Å². The lowest BCUT2D eigenvalue weighted by molar-refractivity contribution is -0.151. The van der Waals surface area contributed by atoms with Crippen molar-refractivity contribution in [3.05, 3.63) is 48.6 Å². The van der Waals surface area contributed by atoms with Gasteiger partial charge in [-0.1, -0.05) is 217 Å². The fraction of sp³-hybridized carbons (Fsp3) is 0.821. The van der Waals surface area contributed by atoms with Crippen molar-refractivity contribution in [2.24, 2.45) is 0 Å². The Hall–Kier alpha value is -2.18. The number of aliphatic hydroxyl groups is 2. The van der Waals surface area contributed by atoms with Crippen LogP contribution in [0.3, 0.4) is 0 Å². The summed E-state index contributed by atoms with van der Waals surface area (Å²) >= 11 is 0. The van der Waals surface area contributed by atoms with Crippen molar-refractivity contribution >= 4 is 11.9 Å². The molecule has 3 unspecified atom stereocenters. The zero-order valence-corrected chi connectivity index (χ0v) is 41.3. The number of carbonyl (C=O) groups is 2. The van der Waals surface area contributed by atoms with Gasteiger partial charge < -0.3 is 20.3 Å². The Kier molecular flexibility index (Phi) is 48.1. The first-order chi connectivity index (χ1) is 30.5. The zero-order chi connectivity index (χ0) is 45.2. The van der Waals surface area contributed by atoms with Gasteiger partial charge in [-0.25, -0.2) is 0 Å². The maximum atomic E-state index is 13.2. The number of amides is 1. The van der Waals surface area contributed by atoms with Crippen molar-refractivity contribution in [1.82, 2.24) is 5.32 Å². The molecule has 0 aliphatic rings. The van der Waals surface area contributed by atoms with Crippen molar-refractivity contribution < 1.29 is 24.5 Å². The molecule has 0 fully saturated rings. The number of aliphatic hydroxyl groups excluding tert-OH is 2. The average molecular weight is 870 g/mol. The summed E-state index contributed by atoms with van der Waals surface area (Å²) < 4.78 is 5.92. The number of esters is 1. The minimum absolute atomic E-state index is 0.0517. The molecule has 0 aromatic carbocycles. The quantitative estimate of drug-likeness (QED) is 0.0322. The summed E-state index contributed by atoms with van der Waals surface area (Å²) in [7, 11) is 0. The van der Waals surface area contributed by atoms with E-state index in [4.69, 9.17) is 4.74 Å². The molecule has 3 atom stereocenters.